The molecule has 0 aromatic heterocycles. The van der Waals surface area contributed by atoms with E-state index in [-0.39, 0.29) is 16.9 Å². The maximum Gasteiger partial charge on any atom is 0.385 e. The van der Waals surface area contributed by atoms with Gasteiger partial charge in [0.2, 0.25) is 0 Å². The average molecular weight is 462 g/mol. The van der Waals surface area contributed by atoms with Gasteiger partial charge in [0, 0.05) is 24.3 Å². The van der Waals surface area contributed by atoms with Crippen LogP contribution in [0.25, 0.3) is 0 Å². The van der Waals surface area contributed by atoms with Gasteiger partial charge in [-0.15, -0.1) is 0 Å². The number of amidine groups is 1. The number of hydrogen-bond acceptors (Lipinski definition) is 9. The molecule has 1 N–H and O–H groups in total. The van der Waals surface area contributed by atoms with E-state index in [1.165, 1.54) is 47.5 Å². The van der Waals surface area contributed by atoms with Crippen LogP contribution in [0.3, 0.4) is 0 Å². The van der Waals surface area contributed by atoms with E-state index in [2.05, 4.69) is 10.4 Å². The van der Waals surface area contributed by atoms with Crippen molar-refractivity contribution in [2.75, 3.05) is 5.01 Å². The van der Waals surface area contributed by atoms with Crippen molar-refractivity contribution in [2.45, 2.75) is 19.1 Å². The molecular weight excluding hydrogens is 444 g/mol. The van der Waals surface area contributed by atoms with E-state index in [9.17, 15) is 30.3 Å². The molecule has 1 aliphatic heterocycles. The molecule has 12 nitrogen and oxygen atoms in total. The number of nitrogens with one attached hydrogen (secondary N) is 1. The fourth-order valence-corrected chi connectivity index (χ4v) is 3.68. The summed E-state index contributed by atoms with van der Waals surface area (Å²) in [6, 6.07) is 17.3. The van der Waals surface area contributed by atoms with E-state index >= 15 is 0 Å². The molecule has 0 radical (unpaired) electrons. The SMILES string of the molecule is Cc1ccc(N2N=C([N+](=O)[O-])C(c3cccc([N+](=O)[O-])c3)NC2c2cccc([N+](=O)[O-])c2)cc1. The Labute approximate surface area is 192 Å². The van der Waals surface area contributed by atoms with Gasteiger partial charge in [0.15, 0.2) is 6.17 Å². The number of aryl methyl sites for hydroxylation is 1. The number of benzene rings is 3. The quantitative estimate of drug-likeness (QED) is 0.435. The summed E-state index contributed by atoms with van der Waals surface area (Å²) in [6.07, 6.45) is -0.837. The van der Waals surface area contributed by atoms with Crippen molar-refractivity contribution < 1.29 is 14.8 Å². The Morgan fingerprint density at radius 1 is 0.794 bits per heavy atom. The minimum atomic E-state index is -1.11. The predicted octanol–water partition coefficient (Wildman–Crippen LogP) is 4.25. The van der Waals surface area contributed by atoms with E-state index < -0.39 is 32.8 Å². The minimum absolute atomic E-state index is 0.154. The number of non-ortho nitro benzene ring substituents is 2. The van der Waals surface area contributed by atoms with Gasteiger partial charge < -0.3 is 10.1 Å². The van der Waals surface area contributed by atoms with Gasteiger partial charge in [0.25, 0.3) is 11.4 Å². The van der Waals surface area contributed by atoms with Gasteiger partial charge >= 0.3 is 5.84 Å². The highest BCUT2D eigenvalue weighted by atomic mass is 16.6. The van der Waals surface area contributed by atoms with Crippen LogP contribution in [0, 0.1) is 37.3 Å². The summed E-state index contributed by atoms with van der Waals surface area (Å²) in [5, 5.41) is 43.4. The van der Waals surface area contributed by atoms with Gasteiger partial charge in [0.1, 0.15) is 6.04 Å². The highest BCUT2D eigenvalue weighted by molar-refractivity contribution is 5.84. The first-order valence-electron chi connectivity index (χ1n) is 10.1. The molecule has 0 amide bonds. The van der Waals surface area contributed by atoms with Crippen LogP contribution < -0.4 is 10.3 Å². The molecule has 1 aliphatic rings. The maximum atomic E-state index is 12.0. The molecular formula is C22H18N6O6. The smallest absolute Gasteiger partial charge is 0.358 e. The fraction of sp³-hybridized carbons (Fsp3) is 0.136. The maximum absolute atomic E-state index is 12.0. The average Bonchev–Trinajstić information content (AvgIpc) is 2.84. The van der Waals surface area contributed by atoms with E-state index in [1.807, 2.05) is 19.1 Å². The summed E-state index contributed by atoms with van der Waals surface area (Å²) in [6.45, 7) is 1.89. The molecule has 4 rings (SSSR count). The van der Waals surface area contributed by atoms with Crippen molar-refractivity contribution >= 4 is 22.9 Å². The van der Waals surface area contributed by atoms with Crippen LogP contribution in [-0.4, -0.2) is 20.6 Å². The highest BCUT2D eigenvalue weighted by Crippen LogP contribution is 2.35. The van der Waals surface area contributed by atoms with Gasteiger partial charge in [-0.3, -0.25) is 25.5 Å². The molecule has 172 valence electrons. The van der Waals surface area contributed by atoms with Crippen LogP contribution >= 0.6 is 0 Å². The Morgan fingerprint density at radius 3 is 1.91 bits per heavy atom. The van der Waals surface area contributed by atoms with Crippen molar-refractivity contribution in [3.05, 3.63) is 120 Å². The number of hydrazone groups is 1. The number of anilines is 1. The predicted molar refractivity (Wildman–Crippen MR) is 123 cm³/mol. The summed E-state index contributed by atoms with van der Waals surface area (Å²) in [4.78, 5) is 32.8. The first-order chi connectivity index (χ1) is 16.2. The van der Waals surface area contributed by atoms with Gasteiger partial charge in [0.05, 0.1) is 20.6 Å². The lowest BCUT2D eigenvalue weighted by Gasteiger charge is -2.33. The number of rotatable bonds is 5. The third-order valence-electron chi connectivity index (χ3n) is 5.33. The Balaban J connectivity index is 1.88. The molecule has 0 aliphatic carbocycles. The zero-order valence-corrected chi connectivity index (χ0v) is 17.8. The van der Waals surface area contributed by atoms with Gasteiger partial charge in [-0.1, -0.05) is 42.0 Å². The number of hydrogen-bond donors (Lipinski definition) is 1. The first-order valence-corrected chi connectivity index (χ1v) is 10.1. The lowest BCUT2D eigenvalue weighted by Crippen LogP contribution is -2.48. The largest absolute Gasteiger partial charge is 0.385 e. The molecule has 2 atom stereocenters. The van der Waals surface area contributed by atoms with Crippen LogP contribution in [0.15, 0.2) is 77.9 Å². The zero-order valence-electron chi connectivity index (χ0n) is 17.8. The van der Waals surface area contributed by atoms with Crippen molar-refractivity contribution in [3.63, 3.8) is 0 Å². The summed E-state index contributed by atoms with van der Waals surface area (Å²) < 4.78 is 0. The van der Waals surface area contributed by atoms with E-state index in [0.717, 1.165) is 5.56 Å². The fourth-order valence-electron chi connectivity index (χ4n) is 3.68. The second-order valence-electron chi connectivity index (χ2n) is 7.60. The monoisotopic (exact) mass is 462 g/mol. The summed E-state index contributed by atoms with van der Waals surface area (Å²) in [5.41, 5.74) is 1.81. The number of nitrogens with zero attached hydrogens (tertiary/aromatic N) is 5. The topological polar surface area (TPSA) is 157 Å². The summed E-state index contributed by atoms with van der Waals surface area (Å²) >= 11 is 0. The molecule has 1 heterocycles. The lowest BCUT2D eigenvalue weighted by molar-refractivity contribution is -0.385. The second-order valence-corrected chi connectivity index (χ2v) is 7.60. The Hall–Kier alpha value is -4.71. The summed E-state index contributed by atoms with van der Waals surface area (Å²) in [7, 11) is 0. The molecule has 3 aromatic rings. The normalized spacial score (nSPS) is 17.7. The molecule has 3 aromatic carbocycles. The van der Waals surface area contributed by atoms with Gasteiger partial charge in [-0.25, -0.2) is 0 Å². The summed E-state index contributed by atoms with van der Waals surface area (Å²) in [5.74, 6) is -0.470. The third kappa shape index (κ3) is 4.42. The van der Waals surface area contributed by atoms with Crippen LogP contribution in [0.5, 0.6) is 0 Å². The zero-order chi connectivity index (χ0) is 24.4. The molecule has 0 bridgehead atoms. The van der Waals surface area contributed by atoms with Crippen molar-refractivity contribution in [2.24, 2.45) is 5.10 Å². The Morgan fingerprint density at radius 2 is 1.35 bits per heavy atom. The molecule has 12 heteroatoms. The van der Waals surface area contributed by atoms with E-state index in [4.69, 9.17) is 0 Å². The van der Waals surface area contributed by atoms with Crippen LogP contribution in [-0.2, 0) is 0 Å². The molecule has 0 saturated heterocycles. The van der Waals surface area contributed by atoms with Crippen molar-refractivity contribution in [1.82, 2.24) is 5.32 Å². The van der Waals surface area contributed by atoms with Crippen molar-refractivity contribution in [1.29, 1.82) is 0 Å². The van der Waals surface area contributed by atoms with Crippen LogP contribution in [0.4, 0.5) is 17.1 Å². The molecule has 34 heavy (non-hydrogen) atoms. The lowest BCUT2D eigenvalue weighted by atomic mass is 10.0. The second kappa shape index (κ2) is 9.03. The standard InChI is InChI=1S/C22H18N6O6/c1-14-8-10-17(11-9-14)25-21(16-5-3-7-19(13-16)27(31)32)23-20(22(24-25)28(33)34)15-4-2-6-18(12-15)26(29)30/h2-13,20-21,23H,1H3. The van der Waals surface area contributed by atoms with Gasteiger partial charge in [-0.2, -0.15) is 5.01 Å². The molecule has 0 spiro atoms. The van der Waals surface area contributed by atoms with Crippen molar-refractivity contribution in [3.8, 4) is 0 Å². The number of nitro benzene ring substituents is 2. The molecule has 0 fully saturated rings. The Kier molecular flexibility index (Phi) is 5.97. The molecule has 0 saturated carbocycles. The third-order valence-corrected chi connectivity index (χ3v) is 5.33. The minimum Gasteiger partial charge on any atom is -0.358 e. The Bertz CT molecular complexity index is 1310. The van der Waals surface area contributed by atoms with Crippen LogP contribution in [0.1, 0.15) is 28.9 Å². The highest BCUT2D eigenvalue weighted by Gasteiger charge is 2.42. The van der Waals surface area contributed by atoms with Gasteiger partial charge in [-0.05, 0) is 35.1 Å². The van der Waals surface area contributed by atoms with E-state index in [0.29, 0.717) is 11.3 Å². The first kappa shape index (κ1) is 22.5. The number of nitro groups is 3. The van der Waals surface area contributed by atoms with E-state index in [1.54, 1.807) is 18.2 Å². The van der Waals surface area contributed by atoms with Crippen LogP contribution in [0.2, 0.25) is 0 Å². The molecule has 2 unspecified atom stereocenters.